The van der Waals surface area contributed by atoms with Crippen molar-refractivity contribution in [1.82, 2.24) is 14.1 Å². The molecule has 0 radical (unpaired) electrons. The van der Waals surface area contributed by atoms with E-state index in [-0.39, 0.29) is 23.7 Å². The number of piperidine rings is 2. The maximum Gasteiger partial charge on any atom is 0.243 e. The number of amides is 2. The van der Waals surface area contributed by atoms with Gasteiger partial charge in [0.05, 0.1) is 4.90 Å². The van der Waals surface area contributed by atoms with Gasteiger partial charge >= 0.3 is 0 Å². The van der Waals surface area contributed by atoms with E-state index in [0.717, 1.165) is 24.2 Å². The van der Waals surface area contributed by atoms with Crippen LogP contribution in [0, 0.1) is 25.7 Å². The van der Waals surface area contributed by atoms with Crippen LogP contribution in [0.5, 0.6) is 0 Å². The normalized spacial score (nSPS) is 19.2. The van der Waals surface area contributed by atoms with E-state index in [1.807, 2.05) is 49.6 Å². The van der Waals surface area contributed by atoms with Gasteiger partial charge in [-0.2, -0.15) is 4.31 Å². The Kier molecular flexibility index (Phi) is 7.98. The number of nitrogens with zero attached hydrogens (tertiary/aromatic N) is 3. The fraction of sp³-hybridized carbons (Fsp3) is 0.667. The maximum atomic E-state index is 13.1. The molecule has 0 aromatic heterocycles. The first-order valence-electron chi connectivity index (χ1n) is 11.8. The van der Waals surface area contributed by atoms with Gasteiger partial charge in [0.2, 0.25) is 21.8 Å². The molecule has 32 heavy (non-hydrogen) atoms. The molecule has 2 fully saturated rings. The molecule has 1 aromatic rings. The molecule has 2 saturated heterocycles. The van der Waals surface area contributed by atoms with Crippen molar-refractivity contribution in [3.05, 3.63) is 29.3 Å². The first kappa shape index (κ1) is 24.7. The van der Waals surface area contributed by atoms with Crippen LogP contribution in [0.25, 0.3) is 0 Å². The predicted octanol–water partition coefficient (Wildman–Crippen LogP) is 2.81. The summed E-state index contributed by atoms with van der Waals surface area (Å²) >= 11 is 0. The summed E-state index contributed by atoms with van der Waals surface area (Å²) in [5.74, 6) is 0.175. The van der Waals surface area contributed by atoms with Crippen molar-refractivity contribution >= 4 is 21.8 Å². The molecule has 0 atom stereocenters. The lowest BCUT2D eigenvalue weighted by Crippen LogP contribution is -2.48. The minimum absolute atomic E-state index is 0.00342. The van der Waals surface area contributed by atoms with Gasteiger partial charge in [-0.1, -0.05) is 17.7 Å². The van der Waals surface area contributed by atoms with Gasteiger partial charge in [0, 0.05) is 51.1 Å². The van der Waals surface area contributed by atoms with Gasteiger partial charge in [-0.25, -0.2) is 8.42 Å². The van der Waals surface area contributed by atoms with Crippen molar-refractivity contribution in [1.29, 1.82) is 0 Å². The van der Waals surface area contributed by atoms with Crippen molar-refractivity contribution < 1.29 is 18.0 Å². The number of hydrogen-bond donors (Lipinski definition) is 0. The van der Waals surface area contributed by atoms with Gasteiger partial charge in [0.1, 0.15) is 0 Å². The van der Waals surface area contributed by atoms with E-state index in [2.05, 4.69) is 0 Å². The molecule has 7 nitrogen and oxygen atoms in total. The standard InChI is InChI=1S/C24H37N3O4S/c1-5-25(6-2)23(28)20-9-13-26(14-10-20)24(29)21-11-15-27(16-12-21)32(30,31)22-8-7-18(3)17-19(22)4/h7-8,17,20-21H,5-6,9-16H2,1-4H3. The first-order valence-corrected chi connectivity index (χ1v) is 13.3. The molecule has 0 saturated carbocycles. The van der Waals surface area contributed by atoms with E-state index in [9.17, 15) is 18.0 Å². The average molecular weight is 464 g/mol. The van der Waals surface area contributed by atoms with Crippen molar-refractivity contribution in [3.8, 4) is 0 Å². The summed E-state index contributed by atoms with van der Waals surface area (Å²) in [5.41, 5.74) is 1.79. The van der Waals surface area contributed by atoms with Crippen LogP contribution in [0.2, 0.25) is 0 Å². The summed E-state index contributed by atoms with van der Waals surface area (Å²) in [7, 11) is -3.55. The number of aryl methyl sites for hydroxylation is 2. The molecule has 0 aliphatic carbocycles. The van der Waals surface area contributed by atoms with Crippen LogP contribution >= 0.6 is 0 Å². The fourth-order valence-corrected chi connectivity index (χ4v) is 6.64. The summed E-state index contributed by atoms with van der Waals surface area (Å²) in [4.78, 5) is 29.7. The highest BCUT2D eigenvalue weighted by Crippen LogP contribution is 2.28. The minimum atomic E-state index is -3.55. The summed E-state index contributed by atoms with van der Waals surface area (Å²) < 4.78 is 27.7. The van der Waals surface area contributed by atoms with Gasteiger partial charge in [0.15, 0.2) is 0 Å². The fourth-order valence-electron chi connectivity index (χ4n) is 4.97. The Balaban J connectivity index is 1.54. The zero-order chi connectivity index (χ0) is 23.5. The zero-order valence-corrected chi connectivity index (χ0v) is 20.7. The number of likely N-dealkylation sites (tertiary alicyclic amines) is 1. The third-order valence-corrected chi connectivity index (χ3v) is 9.04. The Bertz CT molecular complexity index is 927. The van der Waals surface area contributed by atoms with E-state index >= 15 is 0 Å². The molecular formula is C24H37N3O4S. The number of sulfonamides is 1. The highest BCUT2D eigenvalue weighted by Gasteiger charge is 2.36. The molecule has 0 unspecified atom stereocenters. The Morgan fingerprint density at radius 2 is 1.50 bits per heavy atom. The third-order valence-electron chi connectivity index (χ3n) is 6.98. The molecule has 0 spiro atoms. The number of carbonyl (C=O) groups excluding carboxylic acids is 2. The Morgan fingerprint density at radius 1 is 0.938 bits per heavy atom. The lowest BCUT2D eigenvalue weighted by molar-refractivity contribution is -0.143. The molecule has 8 heteroatoms. The summed E-state index contributed by atoms with van der Waals surface area (Å²) in [6.07, 6.45) is 2.50. The highest BCUT2D eigenvalue weighted by molar-refractivity contribution is 7.89. The number of hydrogen-bond acceptors (Lipinski definition) is 4. The van der Waals surface area contributed by atoms with E-state index in [1.165, 1.54) is 4.31 Å². The quantitative estimate of drug-likeness (QED) is 0.650. The van der Waals surface area contributed by atoms with Crippen molar-refractivity contribution in [2.45, 2.75) is 58.3 Å². The lowest BCUT2D eigenvalue weighted by Gasteiger charge is -2.37. The molecule has 2 heterocycles. The van der Waals surface area contributed by atoms with Gasteiger partial charge < -0.3 is 9.80 Å². The maximum absolute atomic E-state index is 13.1. The van der Waals surface area contributed by atoms with Gasteiger partial charge in [-0.3, -0.25) is 9.59 Å². The average Bonchev–Trinajstić information content (AvgIpc) is 2.79. The molecule has 178 valence electrons. The van der Waals surface area contributed by atoms with Crippen molar-refractivity contribution in [3.63, 3.8) is 0 Å². The molecular weight excluding hydrogens is 426 g/mol. The molecule has 2 aliphatic heterocycles. The van der Waals surface area contributed by atoms with Crippen LogP contribution in [0.4, 0.5) is 0 Å². The van der Waals surface area contributed by atoms with Crippen LogP contribution < -0.4 is 0 Å². The number of rotatable bonds is 6. The van der Waals surface area contributed by atoms with Crippen LogP contribution in [0.15, 0.2) is 23.1 Å². The Morgan fingerprint density at radius 3 is 2.03 bits per heavy atom. The summed E-state index contributed by atoms with van der Waals surface area (Å²) in [6.45, 7) is 11.1. The van der Waals surface area contributed by atoms with E-state index in [0.29, 0.717) is 56.8 Å². The Hall–Kier alpha value is -1.93. The molecule has 1 aromatic carbocycles. The van der Waals surface area contributed by atoms with Gasteiger partial charge in [-0.05, 0) is 65.0 Å². The van der Waals surface area contributed by atoms with Crippen LogP contribution in [0.3, 0.4) is 0 Å². The molecule has 3 rings (SSSR count). The second-order valence-corrected chi connectivity index (χ2v) is 11.0. The smallest absolute Gasteiger partial charge is 0.243 e. The van der Waals surface area contributed by atoms with Gasteiger partial charge in [-0.15, -0.1) is 0 Å². The topological polar surface area (TPSA) is 78.0 Å². The predicted molar refractivity (Wildman–Crippen MR) is 125 cm³/mol. The number of benzene rings is 1. The monoisotopic (exact) mass is 463 g/mol. The second kappa shape index (κ2) is 10.3. The van der Waals surface area contributed by atoms with Crippen LogP contribution in [-0.4, -0.2) is 73.6 Å². The summed E-state index contributed by atoms with van der Waals surface area (Å²) in [6, 6.07) is 5.39. The van der Waals surface area contributed by atoms with Crippen molar-refractivity contribution in [2.75, 3.05) is 39.3 Å². The number of carbonyl (C=O) groups is 2. The van der Waals surface area contributed by atoms with E-state index in [1.54, 1.807) is 6.07 Å². The largest absolute Gasteiger partial charge is 0.343 e. The lowest BCUT2D eigenvalue weighted by atomic mass is 9.92. The Labute approximate surface area is 192 Å². The molecule has 0 bridgehead atoms. The minimum Gasteiger partial charge on any atom is -0.343 e. The van der Waals surface area contributed by atoms with Crippen LogP contribution in [0.1, 0.15) is 50.7 Å². The SMILES string of the molecule is CCN(CC)C(=O)C1CCN(C(=O)C2CCN(S(=O)(=O)c3ccc(C)cc3C)CC2)CC1. The third kappa shape index (κ3) is 5.17. The van der Waals surface area contributed by atoms with Crippen molar-refractivity contribution in [2.24, 2.45) is 11.8 Å². The first-order chi connectivity index (χ1) is 15.2. The zero-order valence-electron chi connectivity index (χ0n) is 19.8. The molecule has 2 amide bonds. The highest BCUT2D eigenvalue weighted by atomic mass is 32.2. The van der Waals surface area contributed by atoms with Crippen LogP contribution in [-0.2, 0) is 19.6 Å². The second-order valence-electron chi connectivity index (χ2n) is 9.06. The van der Waals surface area contributed by atoms with Gasteiger partial charge in [0.25, 0.3) is 0 Å². The van der Waals surface area contributed by atoms with E-state index in [4.69, 9.17) is 0 Å². The summed E-state index contributed by atoms with van der Waals surface area (Å²) in [5, 5.41) is 0. The molecule has 0 N–H and O–H groups in total. The molecule has 2 aliphatic rings. The van der Waals surface area contributed by atoms with E-state index < -0.39 is 10.0 Å².